The lowest BCUT2D eigenvalue weighted by Gasteiger charge is -2.25. The van der Waals surface area contributed by atoms with Crippen LogP contribution < -0.4 is 10.4 Å². The third-order valence-corrected chi connectivity index (χ3v) is 6.01. The monoisotopic (exact) mass is 446 g/mol. The molecule has 4 rings (SSSR count). The second kappa shape index (κ2) is 9.25. The van der Waals surface area contributed by atoms with Crippen molar-refractivity contribution in [2.75, 3.05) is 18.1 Å². The van der Waals surface area contributed by atoms with E-state index in [1.807, 2.05) is 17.1 Å². The van der Waals surface area contributed by atoms with Crippen LogP contribution in [0.1, 0.15) is 43.7 Å². The van der Waals surface area contributed by atoms with Gasteiger partial charge in [0.25, 0.3) is 5.91 Å². The molecule has 0 saturated carbocycles. The van der Waals surface area contributed by atoms with Crippen molar-refractivity contribution in [3.05, 3.63) is 58.1 Å². The maximum absolute atomic E-state index is 13.0. The number of carbonyl (C=O) groups excluding carboxylic acids is 1. The number of halogens is 2. The Morgan fingerprint density at radius 1 is 1.03 bits per heavy atom. The Hall–Kier alpha value is -2.28. The maximum Gasteiger partial charge on any atom is 0.281 e. The predicted octanol–water partition coefficient (Wildman–Crippen LogP) is 4.91. The van der Waals surface area contributed by atoms with Crippen molar-refractivity contribution in [2.24, 2.45) is 5.10 Å². The standard InChI is InChI=1S/C22H24Cl2N4O2/c23-16-7-10-20(18(24)13-16)28-21(15-5-8-17(29)9-6-15)14-19(25-28)22(30)26-27-11-3-1-2-4-12-27/h5-10,13,21,29H,1-4,11-12,14H2,(H,26,30). The molecule has 1 unspecified atom stereocenters. The minimum absolute atomic E-state index is 0.187. The van der Waals surface area contributed by atoms with Gasteiger partial charge >= 0.3 is 0 Å². The summed E-state index contributed by atoms with van der Waals surface area (Å²) >= 11 is 12.5. The highest BCUT2D eigenvalue weighted by Crippen LogP contribution is 2.39. The van der Waals surface area contributed by atoms with Crippen LogP contribution in [-0.2, 0) is 4.79 Å². The largest absolute Gasteiger partial charge is 0.508 e. The van der Waals surface area contributed by atoms with E-state index in [2.05, 4.69) is 10.5 Å². The number of anilines is 1. The average molecular weight is 447 g/mol. The van der Waals surface area contributed by atoms with Crippen molar-refractivity contribution in [1.82, 2.24) is 10.4 Å². The van der Waals surface area contributed by atoms with E-state index in [1.165, 1.54) is 12.8 Å². The SMILES string of the molecule is O=C(NN1CCCCCC1)C1=NN(c2ccc(Cl)cc2Cl)C(c2ccc(O)cc2)C1. The number of hydrazone groups is 1. The van der Waals surface area contributed by atoms with E-state index >= 15 is 0 Å². The molecule has 158 valence electrons. The molecule has 6 nitrogen and oxygen atoms in total. The summed E-state index contributed by atoms with van der Waals surface area (Å²) < 4.78 is 0. The third-order valence-electron chi connectivity index (χ3n) is 5.47. The summed E-state index contributed by atoms with van der Waals surface area (Å²) in [7, 11) is 0. The highest BCUT2D eigenvalue weighted by Gasteiger charge is 2.34. The second-order valence-corrected chi connectivity index (χ2v) is 8.48. The Labute approximate surface area is 186 Å². The van der Waals surface area contributed by atoms with Gasteiger partial charge in [0.05, 0.1) is 16.8 Å². The van der Waals surface area contributed by atoms with Gasteiger partial charge in [0.15, 0.2) is 0 Å². The molecule has 2 aromatic carbocycles. The first-order valence-corrected chi connectivity index (χ1v) is 10.9. The predicted molar refractivity (Wildman–Crippen MR) is 120 cm³/mol. The van der Waals surface area contributed by atoms with Gasteiger partial charge in [-0.3, -0.25) is 15.2 Å². The zero-order valence-corrected chi connectivity index (χ0v) is 18.0. The van der Waals surface area contributed by atoms with Gasteiger partial charge in [-0.15, -0.1) is 0 Å². The number of phenols is 1. The highest BCUT2D eigenvalue weighted by atomic mass is 35.5. The number of benzene rings is 2. The molecule has 0 aliphatic carbocycles. The first-order chi connectivity index (χ1) is 14.5. The third kappa shape index (κ3) is 4.72. The molecule has 1 atom stereocenters. The number of hydrazine groups is 1. The van der Waals surface area contributed by atoms with Gasteiger partial charge in [-0.25, -0.2) is 5.01 Å². The van der Waals surface area contributed by atoms with Crippen LogP contribution in [0.3, 0.4) is 0 Å². The molecule has 2 heterocycles. The van der Waals surface area contributed by atoms with Crippen LogP contribution in [0.2, 0.25) is 10.0 Å². The number of hydrogen-bond acceptors (Lipinski definition) is 5. The number of nitrogens with one attached hydrogen (secondary N) is 1. The van der Waals surface area contributed by atoms with Gasteiger partial charge in [0.1, 0.15) is 11.5 Å². The van der Waals surface area contributed by atoms with E-state index in [1.54, 1.807) is 35.3 Å². The summed E-state index contributed by atoms with van der Waals surface area (Å²) in [6.07, 6.45) is 4.98. The number of aromatic hydroxyl groups is 1. The number of carbonyl (C=O) groups is 1. The van der Waals surface area contributed by atoms with Crippen LogP contribution in [0.5, 0.6) is 5.75 Å². The molecule has 30 heavy (non-hydrogen) atoms. The molecular weight excluding hydrogens is 423 g/mol. The van der Waals surface area contributed by atoms with E-state index in [9.17, 15) is 9.90 Å². The van der Waals surface area contributed by atoms with Crippen molar-refractivity contribution >= 4 is 40.5 Å². The number of amides is 1. The average Bonchev–Trinajstić information content (AvgIpc) is 3.00. The Bertz CT molecular complexity index is 941. The van der Waals surface area contributed by atoms with Crippen molar-refractivity contribution in [1.29, 1.82) is 0 Å². The number of nitrogens with zero attached hydrogens (tertiary/aromatic N) is 3. The lowest BCUT2D eigenvalue weighted by atomic mass is 10.0. The fourth-order valence-corrected chi connectivity index (χ4v) is 4.38. The van der Waals surface area contributed by atoms with Crippen LogP contribution in [-0.4, -0.2) is 34.8 Å². The van der Waals surface area contributed by atoms with Crippen LogP contribution in [0.4, 0.5) is 5.69 Å². The van der Waals surface area contributed by atoms with Crippen molar-refractivity contribution in [3.63, 3.8) is 0 Å². The Kier molecular flexibility index (Phi) is 6.46. The molecule has 0 aromatic heterocycles. The van der Waals surface area contributed by atoms with Crippen LogP contribution >= 0.6 is 23.2 Å². The zero-order chi connectivity index (χ0) is 21.1. The van der Waals surface area contributed by atoms with Crippen LogP contribution in [0.15, 0.2) is 47.6 Å². The fourth-order valence-electron chi connectivity index (χ4n) is 3.88. The lowest BCUT2D eigenvalue weighted by Crippen LogP contribution is -2.45. The summed E-state index contributed by atoms with van der Waals surface area (Å²) in [5.74, 6) is 0.00105. The van der Waals surface area contributed by atoms with E-state index in [0.717, 1.165) is 31.5 Å². The van der Waals surface area contributed by atoms with E-state index in [-0.39, 0.29) is 17.7 Å². The van der Waals surface area contributed by atoms with Crippen molar-refractivity contribution < 1.29 is 9.90 Å². The Morgan fingerprint density at radius 2 is 1.73 bits per heavy atom. The van der Waals surface area contributed by atoms with Gasteiger partial charge in [-0.2, -0.15) is 5.10 Å². The van der Waals surface area contributed by atoms with Crippen molar-refractivity contribution in [3.8, 4) is 5.75 Å². The number of phenolic OH excluding ortho intramolecular Hbond substituents is 1. The van der Waals surface area contributed by atoms with E-state index in [0.29, 0.717) is 27.9 Å². The molecule has 8 heteroatoms. The first-order valence-electron chi connectivity index (χ1n) is 10.2. The molecule has 1 fully saturated rings. The molecule has 0 bridgehead atoms. The molecule has 2 aliphatic heterocycles. The summed E-state index contributed by atoms with van der Waals surface area (Å²) in [4.78, 5) is 13.0. The minimum atomic E-state index is -0.214. The quantitative estimate of drug-likeness (QED) is 0.699. The molecule has 2 N–H and O–H groups in total. The minimum Gasteiger partial charge on any atom is -0.508 e. The fraction of sp³-hybridized carbons (Fsp3) is 0.364. The highest BCUT2D eigenvalue weighted by molar-refractivity contribution is 6.40. The summed E-state index contributed by atoms with van der Waals surface area (Å²) in [6.45, 7) is 1.71. The summed E-state index contributed by atoms with van der Waals surface area (Å²) in [5, 5.41) is 19.0. The smallest absolute Gasteiger partial charge is 0.281 e. The molecule has 1 amide bonds. The Balaban J connectivity index is 1.61. The zero-order valence-electron chi connectivity index (χ0n) is 16.5. The maximum atomic E-state index is 13.0. The van der Waals surface area contributed by atoms with Crippen LogP contribution in [0.25, 0.3) is 0 Å². The molecule has 0 spiro atoms. The summed E-state index contributed by atoms with van der Waals surface area (Å²) in [5.41, 5.74) is 5.08. The Morgan fingerprint density at radius 3 is 2.40 bits per heavy atom. The number of hydrogen-bond donors (Lipinski definition) is 2. The molecule has 0 radical (unpaired) electrons. The van der Waals surface area contributed by atoms with Gasteiger partial charge in [0, 0.05) is 24.5 Å². The summed E-state index contributed by atoms with van der Waals surface area (Å²) in [6, 6.07) is 11.9. The van der Waals surface area contributed by atoms with Crippen molar-refractivity contribution in [2.45, 2.75) is 38.1 Å². The van der Waals surface area contributed by atoms with Gasteiger partial charge in [-0.05, 0) is 48.7 Å². The molecule has 2 aliphatic rings. The van der Waals surface area contributed by atoms with Gasteiger partial charge in [0.2, 0.25) is 0 Å². The number of rotatable bonds is 4. The topological polar surface area (TPSA) is 68.2 Å². The first kappa shape index (κ1) is 21.0. The van der Waals surface area contributed by atoms with Gasteiger partial charge < -0.3 is 5.11 Å². The molecule has 1 saturated heterocycles. The lowest BCUT2D eigenvalue weighted by molar-refractivity contribution is -0.119. The van der Waals surface area contributed by atoms with Crippen LogP contribution in [0, 0.1) is 0 Å². The normalized spacial score (nSPS) is 20.0. The second-order valence-electron chi connectivity index (χ2n) is 7.64. The van der Waals surface area contributed by atoms with E-state index in [4.69, 9.17) is 23.2 Å². The molecular formula is C22H24Cl2N4O2. The van der Waals surface area contributed by atoms with E-state index < -0.39 is 0 Å². The molecule has 2 aromatic rings. The van der Waals surface area contributed by atoms with Gasteiger partial charge in [-0.1, -0.05) is 48.2 Å².